The van der Waals surface area contributed by atoms with Gasteiger partial charge in [0.2, 0.25) is 0 Å². The second kappa shape index (κ2) is 43.2. The molecule has 0 saturated heterocycles. The summed E-state index contributed by atoms with van der Waals surface area (Å²) < 4.78 is 54.2. The van der Waals surface area contributed by atoms with Crippen molar-refractivity contribution in [1.29, 1.82) is 0 Å². The molecule has 10 rings (SSSR count). The molecule has 10 aromatic carbocycles. The van der Waals surface area contributed by atoms with Gasteiger partial charge < -0.3 is 73.5 Å². The fourth-order valence-electron chi connectivity index (χ4n) is 8.00. The van der Waals surface area contributed by atoms with Crippen molar-refractivity contribution in [2.24, 2.45) is 22.9 Å². The van der Waals surface area contributed by atoms with Gasteiger partial charge in [0, 0.05) is 82.8 Å². The Morgan fingerprint density at radius 2 is 0.758 bits per heavy atom. The van der Waals surface area contributed by atoms with Gasteiger partial charge in [-0.25, -0.2) is 4.39 Å². The molecule has 10 aromatic rings. The van der Waals surface area contributed by atoms with Gasteiger partial charge in [0.05, 0.1) is 5.56 Å². The van der Waals surface area contributed by atoms with E-state index >= 15 is 0 Å². The molecule has 13 nitrogen and oxygen atoms in total. The summed E-state index contributed by atoms with van der Waals surface area (Å²) in [5.41, 5.74) is 84.8. The largest absolute Gasteiger partial charge is 0.457 e. The van der Waals surface area contributed by atoms with Crippen molar-refractivity contribution in [2.75, 3.05) is 45.9 Å². The molecule has 0 unspecified atom stereocenters. The standard InChI is InChI=1S/C13H13NO.C10H16N2.2C9H13N.C8H8F3N.C7H8ClN.C7H8FN.2C7H10N2/c1-10-5-7-12(8-6-10)15-13-4-2-3-11(14)9-13;1-2-8-3-9(6-11)5-10(4-8)7-12;1-2-8-3-5-9(7-10)6-4-8;1-2-8-4-3-5-9(6-8)7-10;1-5-2-6(8(9,10)11)4-7(12)3-5;1-5-2-3-6(9)4-7(5)8;3*1-5-2-3-6(8)4-7(5)9/h2-9H,14H2,1H3;3-5H,2,6-7,11-12H2,1H3;2*3-6H,2,7,10H2,1H3;2-4H,12H2,1H3;2*2-4H,9H2,1H3;2*2-4H,8-9H2,1H3. The number of benzene rings is 10. The number of nitrogens with two attached hydrogens (primary N) is 12. The number of hydrogen-bond acceptors (Lipinski definition) is 13. The zero-order valence-electron chi connectivity index (χ0n) is 56.3. The van der Waals surface area contributed by atoms with Crippen LogP contribution in [0.4, 0.5) is 63.1 Å². The van der Waals surface area contributed by atoms with Crippen molar-refractivity contribution < 1.29 is 22.3 Å². The fraction of sp³-hybridized carbons (Fsp3) is 0.221. The van der Waals surface area contributed by atoms with E-state index in [1.54, 1.807) is 37.3 Å². The zero-order valence-corrected chi connectivity index (χ0v) is 57.1. The lowest BCUT2D eigenvalue weighted by molar-refractivity contribution is -0.137. The molecule has 0 fully saturated rings. The third-order valence-corrected chi connectivity index (χ3v) is 14.3. The predicted molar refractivity (Wildman–Crippen MR) is 398 cm³/mol. The summed E-state index contributed by atoms with van der Waals surface area (Å²) in [5, 5.41) is 0.731. The second-order valence-electron chi connectivity index (χ2n) is 22.0. The van der Waals surface area contributed by atoms with E-state index in [4.69, 9.17) is 85.1 Å². The SMILES string of the molecule is CCc1cc(CN)cc(CN)c1.CCc1ccc(CN)cc1.CCc1cccc(CN)c1.Cc1cc(N)cc(C(F)(F)F)c1.Cc1ccc(F)cc1N.Cc1ccc(N)cc1Cl.Cc1ccc(N)cc1N.Cc1ccc(N)cc1N.Cc1ccc(Oc2cccc(N)c2)cc1. The van der Waals surface area contributed by atoms with E-state index in [-0.39, 0.29) is 11.5 Å². The molecule has 508 valence electrons. The van der Waals surface area contributed by atoms with Crippen LogP contribution < -0.4 is 73.5 Å². The average molecular weight is 1320 g/mol. The first kappa shape index (κ1) is 81.3. The lowest BCUT2D eigenvalue weighted by Gasteiger charge is -2.07. The summed E-state index contributed by atoms with van der Waals surface area (Å²) in [6, 6.07) is 62.8. The Balaban J connectivity index is 0.000000366. The fourth-order valence-corrected chi connectivity index (χ4v) is 8.19. The van der Waals surface area contributed by atoms with Crippen molar-refractivity contribution in [2.45, 2.75) is 114 Å². The van der Waals surface area contributed by atoms with Gasteiger partial charge in [0.15, 0.2) is 0 Å². The van der Waals surface area contributed by atoms with Crippen LogP contribution in [0.3, 0.4) is 0 Å². The van der Waals surface area contributed by atoms with Crippen molar-refractivity contribution in [3.8, 4) is 11.5 Å². The maximum absolute atomic E-state index is 12.3. The number of nitrogen functional groups attached to an aromatic ring is 8. The number of ether oxygens (including phenoxy) is 1. The van der Waals surface area contributed by atoms with Crippen molar-refractivity contribution in [1.82, 2.24) is 0 Å². The number of anilines is 8. The highest BCUT2D eigenvalue weighted by molar-refractivity contribution is 6.31. The molecule has 0 aliphatic heterocycles. The third-order valence-electron chi connectivity index (χ3n) is 13.9. The Labute approximate surface area is 565 Å². The van der Waals surface area contributed by atoms with E-state index in [1.165, 1.54) is 62.7 Å². The maximum atomic E-state index is 12.3. The Morgan fingerprint density at radius 1 is 0.337 bits per heavy atom. The summed E-state index contributed by atoms with van der Waals surface area (Å²) >= 11 is 5.73. The highest BCUT2D eigenvalue weighted by Gasteiger charge is 2.30. The van der Waals surface area contributed by atoms with Gasteiger partial charge in [-0.05, 0) is 219 Å². The molecule has 0 radical (unpaired) electrons. The van der Waals surface area contributed by atoms with Gasteiger partial charge in [-0.1, -0.05) is 147 Å². The first-order valence-electron chi connectivity index (χ1n) is 30.8. The first-order valence-corrected chi connectivity index (χ1v) is 31.2. The van der Waals surface area contributed by atoms with Crippen molar-refractivity contribution in [3.05, 3.63) is 295 Å². The van der Waals surface area contributed by atoms with Crippen LogP contribution in [0.15, 0.2) is 206 Å². The monoisotopic (exact) mass is 1320 g/mol. The van der Waals surface area contributed by atoms with Gasteiger partial charge in [0.1, 0.15) is 17.3 Å². The number of alkyl halides is 3. The van der Waals surface area contributed by atoms with E-state index in [0.717, 1.165) is 92.9 Å². The van der Waals surface area contributed by atoms with Gasteiger partial charge in [-0.3, -0.25) is 0 Å². The van der Waals surface area contributed by atoms with Gasteiger partial charge in [0.25, 0.3) is 0 Å². The smallest absolute Gasteiger partial charge is 0.416 e. The van der Waals surface area contributed by atoms with Crippen LogP contribution in [0, 0.1) is 47.4 Å². The van der Waals surface area contributed by atoms with E-state index < -0.39 is 11.7 Å². The molecule has 0 aromatic heterocycles. The molecule has 0 heterocycles. The third kappa shape index (κ3) is 33.6. The molecule has 24 N–H and O–H groups in total. The van der Waals surface area contributed by atoms with Crippen LogP contribution in [0.1, 0.15) is 98.7 Å². The lowest BCUT2D eigenvalue weighted by atomic mass is 10.0. The molecule has 0 saturated carbocycles. The molecule has 95 heavy (non-hydrogen) atoms. The van der Waals surface area contributed by atoms with Crippen LogP contribution in [0.5, 0.6) is 11.5 Å². The zero-order chi connectivity index (χ0) is 71.2. The van der Waals surface area contributed by atoms with E-state index in [2.05, 4.69) is 87.5 Å². The minimum Gasteiger partial charge on any atom is -0.457 e. The first-order chi connectivity index (χ1) is 44.9. The van der Waals surface area contributed by atoms with Gasteiger partial charge in [-0.2, -0.15) is 13.2 Å². The quantitative estimate of drug-likeness (QED) is 0.0473. The summed E-state index contributed by atoms with van der Waals surface area (Å²) in [7, 11) is 0. The molecule has 0 amide bonds. The predicted octanol–water partition coefficient (Wildman–Crippen LogP) is 16.8. The Kier molecular flexibility index (Phi) is 37.0. The molecule has 0 aliphatic carbocycles. The number of rotatable bonds is 9. The van der Waals surface area contributed by atoms with Crippen molar-refractivity contribution >= 4 is 57.1 Å². The maximum Gasteiger partial charge on any atom is 0.416 e. The van der Waals surface area contributed by atoms with Gasteiger partial charge in [-0.15, -0.1) is 0 Å². The summed E-state index contributed by atoms with van der Waals surface area (Å²) in [5.74, 6) is 1.31. The van der Waals surface area contributed by atoms with Crippen molar-refractivity contribution in [3.63, 3.8) is 0 Å². The summed E-state index contributed by atoms with van der Waals surface area (Å²) in [4.78, 5) is 0. The molecule has 0 spiro atoms. The Morgan fingerprint density at radius 3 is 1.17 bits per heavy atom. The highest BCUT2D eigenvalue weighted by atomic mass is 35.5. The second-order valence-corrected chi connectivity index (χ2v) is 22.4. The molecular weight excluding hydrogens is 1220 g/mol. The molecular formula is C77H99ClF4N12O. The number of aryl methyl sites for hydroxylation is 9. The lowest BCUT2D eigenvalue weighted by Crippen LogP contribution is -2.05. The van der Waals surface area contributed by atoms with E-state index in [0.29, 0.717) is 48.8 Å². The Bertz CT molecular complexity index is 3530. The number of hydrogen-bond donors (Lipinski definition) is 12. The molecule has 0 atom stereocenters. The Hall–Kier alpha value is -9.75. The van der Waals surface area contributed by atoms with Crippen LogP contribution in [-0.4, -0.2) is 0 Å². The minimum atomic E-state index is -4.31. The number of halogens is 5. The summed E-state index contributed by atoms with van der Waals surface area (Å²) in [6.45, 7) is 20.2. The summed E-state index contributed by atoms with van der Waals surface area (Å²) in [6.07, 6.45) is -1.07. The molecule has 18 heteroatoms. The minimum absolute atomic E-state index is 0.141. The topological polar surface area (TPSA) is 321 Å². The highest BCUT2D eigenvalue weighted by Crippen LogP contribution is 2.31. The van der Waals surface area contributed by atoms with Crippen LogP contribution in [-0.2, 0) is 51.6 Å². The average Bonchev–Trinajstić information content (AvgIpc) is 1.14. The van der Waals surface area contributed by atoms with Gasteiger partial charge >= 0.3 is 6.18 Å². The van der Waals surface area contributed by atoms with Crippen LogP contribution in [0.2, 0.25) is 5.02 Å². The normalized spacial score (nSPS) is 10.0. The molecule has 0 bridgehead atoms. The van der Waals surface area contributed by atoms with E-state index in [9.17, 15) is 17.6 Å². The van der Waals surface area contributed by atoms with Crippen LogP contribution >= 0.6 is 11.6 Å². The molecule has 0 aliphatic rings. The van der Waals surface area contributed by atoms with E-state index in [1.807, 2.05) is 113 Å². The van der Waals surface area contributed by atoms with Crippen LogP contribution in [0.25, 0.3) is 0 Å².